The molecule has 1 aromatic heterocycles. The molecule has 0 saturated carbocycles. The van der Waals surface area contributed by atoms with Crippen molar-refractivity contribution < 1.29 is 0 Å². The molecule has 0 radical (unpaired) electrons. The average molecular weight is 282 g/mol. The molecule has 1 aliphatic rings. The van der Waals surface area contributed by atoms with Gasteiger partial charge in [0.25, 0.3) is 0 Å². The van der Waals surface area contributed by atoms with E-state index in [0.29, 0.717) is 6.04 Å². The average Bonchev–Trinajstić information content (AvgIpc) is 2.46. The summed E-state index contributed by atoms with van der Waals surface area (Å²) in [6, 6.07) is 8.61. The van der Waals surface area contributed by atoms with E-state index >= 15 is 0 Å². The molecule has 21 heavy (non-hydrogen) atoms. The quantitative estimate of drug-likeness (QED) is 0.847. The second kappa shape index (κ2) is 5.72. The van der Waals surface area contributed by atoms with Crippen LogP contribution in [0.4, 0.5) is 11.5 Å². The van der Waals surface area contributed by atoms with Gasteiger partial charge in [0.2, 0.25) is 0 Å². The number of nitrogens with one attached hydrogen (secondary N) is 1. The van der Waals surface area contributed by atoms with Crippen molar-refractivity contribution in [3.05, 3.63) is 46.9 Å². The van der Waals surface area contributed by atoms with Gasteiger partial charge in [0, 0.05) is 17.4 Å². The largest absolute Gasteiger partial charge is 0.399 e. The summed E-state index contributed by atoms with van der Waals surface area (Å²) in [7, 11) is 0. The predicted octanol–water partition coefficient (Wildman–Crippen LogP) is 3.42. The molecule has 2 aromatic rings. The van der Waals surface area contributed by atoms with E-state index in [0.717, 1.165) is 42.3 Å². The summed E-state index contributed by atoms with van der Waals surface area (Å²) in [5, 5.41) is 3.58. The summed E-state index contributed by atoms with van der Waals surface area (Å²) in [4.78, 5) is 8.95. The number of nitrogens with zero attached hydrogens (tertiary/aromatic N) is 2. The molecule has 110 valence electrons. The molecule has 1 unspecified atom stereocenters. The lowest BCUT2D eigenvalue weighted by atomic mass is 9.87. The monoisotopic (exact) mass is 282 g/mol. The number of benzene rings is 1. The first kappa shape index (κ1) is 13.9. The van der Waals surface area contributed by atoms with Crippen LogP contribution in [0.1, 0.15) is 48.5 Å². The lowest BCUT2D eigenvalue weighted by Gasteiger charge is -2.27. The van der Waals surface area contributed by atoms with Gasteiger partial charge in [-0.25, -0.2) is 9.97 Å². The molecule has 1 aromatic carbocycles. The van der Waals surface area contributed by atoms with Crippen LogP contribution in [0.5, 0.6) is 0 Å². The summed E-state index contributed by atoms with van der Waals surface area (Å²) in [5.74, 6) is 1.75. The number of anilines is 2. The molecular weight excluding hydrogens is 260 g/mol. The van der Waals surface area contributed by atoms with Gasteiger partial charge in [0.05, 0.1) is 6.04 Å². The summed E-state index contributed by atoms with van der Waals surface area (Å²) in [5.41, 5.74) is 10.5. The van der Waals surface area contributed by atoms with Crippen molar-refractivity contribution in [2.45, 2.75) is 45.6 Å². The number of fused-ring (bicyclic) bond motifs is 1. The summed E-state index contributed by atoms with van der Waals surface area (Å²) < 4.78 is 0. The number of hydrogen-bond donors (Lipinski definition) is 2. The van der Waals surface area contributed by atoms with Crippen molar-refractivity contribution in [3.8, 4) is 0 Å². The van der Waals surface area contributed by atoms with Crippen LogP contribution in [0, 0.1) is 6.92 Å². The Labute approximate surface area is 125 Å². The molecule has 1 atom stereocenters. The van der Waals surface area contributed by atoms with E-state index in [4.69, 9.17) is 5.73 Å². The third-order valence-electron chi connectivity index (χ3n) is 4.06. The fraction of sp³-hybridized carbons (Fsp3) is 0.412. The maximum atomic E-state index is 5.90. The van der Waals surface area contributed by atoms with Crippen molar-refractivity contribution >= 4 is 11.5 Å². The maximum Gasteiger partial charge on any atom is 0.130 e. The van der Waals surface area contributed by atoms with E-state index in [1.165, 1.54) is 17.5 Å². The van der Waals surface area contributed by atoms with E-state index in [1.54, 1.807) is 0 Å². The van der Waals surface area contributed by atoms with Gasteiger partial charge in [-0.15, -0.1) is 0 Å². The number of hydrogen-bond acceptors (Lipinski definition) is 4. The Hall–Kier alpha value is -2.10. The van der Waals surface area contributed by atoms with E-state index in [2.05, 4.69) is 40.4 Å². The third kappa shape index (κ3) is 2.99. The van der Waals surface area contributed by atoms with Crippen LogP contribution in [0.2, 0.25) is 0 Å². The minimum absolute atomic E-state index is 0.313. The lowest BCUT2D eigenvalue weighted by molar-refractivity contribution is 0.598. The molecule has 4 nitrogen and oxygen atoms in total. The van der Waals surface area contributed by atoms with Gasteiger partial charge in [-0.2, -0.15) is 0 Å². The Morgan fingerprint density at radius 3 is 2.95 bits per heavy atom. The Bertz CT molecular complexity index is 651. The van der Waals surface area contributed by atoms with Gasteiger partial charge in [-0.05, 0) is 55.9 Å². The predicted molar refractivity (Wildman–Crippen MR) is 86.3 cm³/mol. The molecule has 1 aliphatic carbocycles. The van der Waals surface area contributed by atoms with Gasteiger partial charge in [-0.1, -0.05) is 13.0 Å². The Balaban J connectivity index is 1.88. The molecular formula is C17H22N4. The molecule has 0 amide bonds. The molecule has 4 heteroatoms. The van der Waals surface area contributed by atoms with E-state index < -0.39 is 0 Å². The fourth-order valence-corrected chi connectivity index (χ4v) is 3.05. The normalized spacial score (nSPS) is 17.3. The van der Waals surface area contributed by atoms with Gasteiger partial charge in [0.1, 0.15) is 11.6 Å². The molecule has 3 rings (SSSR count). The second-order valence-electron chi connectivity index (χ2n) is 5.69. The summed E-state index contributed by atoms with van der Waals surface area (Å²) in [6.07, 6.45) is 4.34. The van der Waals surface area contributed by atoms with Crippen LogP contribution in [0.25, 0.3) is 0 Å². The molecule has 0 spiro atoms. The van der Waals surface area contributed by atoms with Gasteiger partial charge in [-0.3, -0.25) is 0 Å². The zero-order valence-electron chi connectivity index (χ0n) is 12.7. The molecule has 0 bridgehead atoms. The number of aromatic nitrogens is 2. The van der Waals surface area contributed by atoms with E-state index in [-0.39, 0.29) is 0 Å². The molecule has 0 aliphatic heterocycles. The van der Waals surface area contributed by atoms with Crippen molar-refractivity contribution in [3.63, 3.8) is 0 Å². The van der Waals surface area contributed by atoms with Crippen LogP contribution < -0.4 is 11.1 Å². The number of nitrogens with two attached hydrogens (primary N) is 1. The molecule has 3 N–H and O–H groups in total. The molecule has 0 saturated heterocycles. The Morgan fingerprint density at radius 1 is 1.29 bits per heavy atom. The topological polar surface area (TPSA) is 63.8 Å². The smallest absolute Gasteiger partial charge is 0.130 e. The van der Waals surface area contributed by atoms with Gasteiger partial charge in [0.15, 0.2) is 0 Å². The van der Waals surface area contributed by atoms with Crippen LogP contribution in [-0.4, -0.2) is 9.97 Å². The van der Waals surface area contributed by atoms with Gasteiger partial charge >= 0.3 is 0 Å². The maximum absolute atomic E-state index is 5.90. The minimum Gasteiger partial charge on any atom is -0.399 e. The number of rotatable bonds is 3. The summed E-state index contributed by atoms with van der Waals surface area (Å²) >= 11 is 0. The first-order chi connectivity index (χ1) is 10.2. The van der Waals surface area contributed by atoms with Crippen molar-refractivity contribution in [1.82, 2.24) is 9.97 Å². The van der Waals surface area contributed by atoms with Crippen LogP contribution in [0.3, 0.4) is 0 Å². The van der Waals surface area contributed by atoms with Gasteiger partial charge < -0.3 is 11.1 Å². The van der Waals surface area contributed by atoms with E-state index in [1.807, 2.05) is 13.0 Å². The van der Waals surface area contributed by atoms with Crippen molar-refractivity contribution in [1.29, 1.82) is 0 Å². The van der Waals surface area contributed by atoms with Crippen LogP contribution >= 0.6 is 0 Å². The van der Waals surface area contributed by atoms with Crippen molar-refractivity contribution in [2.75, 3.05) is 11.1 Å². The number of nitrogen functional groups attached to an aromatic ring is 1. The highest BCUT2D eigenvalue weighted by Crippen LogP contribution is 2.33. The van der Waals surface area contributed by atoms with Crippen LogP contribution in [-0.2, 0) is 12.8 Å². The highest BCUT2D eigenvalue weighted by molar-refractivity contribution is 5.49. The van der Waals surface area contributed by atoms with Crippen molar-refractivity contribution in [2.24, 2.45) is 0 Å². The second-order valence-corrected chi connectivity index (χ2v) is 5.69. The summed E-state index contributed by atoms with van der Waals surface area (Å²) in [6.45, 7) is 4.06. The zero-order valence-corrected chi connectivity index (χ0v) is 12.7. The first-order valence-corrected chi connectivity index (χ1v) is 7.65. The number of aryl methyl sites for hydroxylation is 3. The third-order valence-corrected chi connectivity index (χ3v) is 4.06. The Kier molecular flexibility index (Phi) is 3.78. The first-order valence-electron chi connectivity index (χ1n) is 7.65. The standard InChI is InChI=1S/C17H22N4/c1-3-14-10-17(20-11(2)19-14)21-16-6-4-5-12-9-13(18)7-8-15(12)16/h7-10,16H,3-6,18H2,1-2H3,(H,19,20,21). The lowest BCUT2D eigenvalue weighted by Crippen LogP contribution is -2.18. The zero-order chi connectivity index (χ0) is 14.8. The Morgan fingerprint density at radius 2 is 2.14 bits per heavy atom. The van der Waals surface area contributed by atoms with Crippen LogP contribution in [0.15, 0.2) is 24.3 Å². The fourth-order valence-electron chi connectivity index (χ4n) is 3.05. The van der Waals surface area contributed by atoms with E-state index in [9.17, 15) is 0 Å². The minimum atomic E-state index is 0.313. The SMILES string of the molecule is CCc1cc(NC2CCCc3cc(N)ccc32)nc(C)n1. The molecule has 0 fully saturated rings. The highest BCUT2D eigenvalue weighted by Gasteiger charge is 2.20. The highest BCUT2D eigenvalue weighted by atomic mass is 15.0. The molecule has 1 heterocycles.